The maximum atomic E-state index is 13.5. The first-order valence-electron chi connectivity index (χ1n) is 9.31. The highest BCUT2D eigenvalue weighted by Gasteiger charge is 2.27. The second-order valence-electron chi connectivity index (χ2n) is 7.23. The first-order valence-corrected chi connectivity index (χ1v) is 9.69. The molecule has 0 bridgehead atoms. The lowest BCUT2D eigenvalue weighted by Gasteiger charge is -2.33. The number of H-pyrrole nitrogens is 1. The number of fused-ring (bicyclic) bond motifs is 1. The molecule has 1 atom stereocenters. The molecule has 148 valence electrons. The van der Waals surface area contributed by atoms with E-state index in [1.807, 2.05) is 0 Å². The van der Waals surface area contributed by atoms with Crippen molar-refractivity contribution in [1.82, 2.24) is 14.5 Å². The van der Waals surface area contributed by atoms with Crippen LogP contribution in [0.4, 0.5) is 4.39 Å². The Labute approximate surface area is 171 Å². The summed E-state index contributed by atoms with van der Waals surface area (Å²) in [6.45, 7) is 0.989. The van der Waals surface area contributed by atoms with Crippen molar-refractivity contribution >= 4 is 28.5 Å². The fraction of sp³-hybridized carbons (Fsp3) is 0.286. The summed E-state index contributed by atoms with van der Waals surface area (Å²) in [7, 11) is 0. The molecule has 1 aliphatic rings. The molecule has 1 aliphatic heterocycles. The summed E-state index contributed by atoms with van der Waals surface area (Å²) in [4.78, 5) is 29.8. The third-order valence-electron chi connectivity index (χ3n) is 5.24. The number of nitrogens with one attached hydrogen (secondary N) is 1. The van der Waals surface area contributed by atoms with Crippen LogP contribution in [0.15, 0.2) is 41.2 Å². The quantitative estimate of drug-likeness (QED) is 0.715. The van der Waals surface area contributed by atoms with Crippen molar-refractivity contribution in [3.63, 3.8) is 0 Å². The standard InChI is InChI=1S/C21H18ClFN4O2/c22-15-6-14(7-16(23)10-15)9-20(28)26-5-1-2-17(12-26)27-19-4-3-13(11-24)8-18(19)25-21(27)29/h3-4,6-8,10,17H,1-2,5,9,12H2,(H,25,29)/t17-/m0/s1. The Hall–Kier alpha value is -3.11. The van der Waals surface area contributed by atoms with E-state index in [9.17, 15) is 14.0 Å². The topological polar surface area (TPSA) is 81.9 Å². The Morgan fingerprint density at radius 2 is 2.14 bits per heavy atom. The molecule has 0 radical (unpaired) electrons. The zero-order valence-electron chi connectivity index (χ0n) is 15.5. The van der Waals surface area contributed by atoms with E-state index in [0.717, 1.165) is 12.8 Å². The highest BCUT2D eigenvalue weighted by molar-refractivity contribution is 6.30. The number of nitrogens with zero attached hydrogens (tertiary/aromatic N) is 3. The number of nitriles is 1. The predicted octanol–water partition coefficient (Wildman–Crippen LogP) is 3.40. The van der Waals surface area contributed by atoms with Crippen LogP contribution in [0, 0.1) is 17.1 Å². The maximum absolute atomic E-state index is 13.5. The summed E-state index contributed by atoms with van der Waals surface area (Å²) in [6, 6.07) is 11.1. The molecule has 1 fully saturated rings. The summed E-state index contributed by atoms with van der Waals surface area (Å²) in [5.74, 6) is -0.602. The highest BCUT2D eigenvalue weighted by atomic mass is 35.5. The van der Waals surface area contributed by atoms with Gasteiger partial charge < -0.3 is 9.88 Å². The minimum Gasteiger partial charge on any atom is -0.340 e. The van der Waals surface area contributed by atoms with Gasteiger partial charge in [0.1, 0.15) is 5.82 Å². The summed E-state index contributed by atoms with van der Waals surface area (Å²) in [5.41, 5.74) is 2.05. The molecule has 4 rings (SSSR count). The van der Waals surface area contributed by atoms with E-state index in [1.54, 1.807) is 33.7 Å². The van der Waals surface area contributed by atoms with Gasteiger partial charge in [0, 0.05) is 18.1 Å². The fourth-order valence-corrected chi connectivity index (χ4v) is 4.20. The number of aromatic nitrogens is 2. The maximum Gasteiger partial charge on any atom is 0.326 e. The van der Waals surface area contributed by atoms with Gasteiger partial charge in [0.2, 0.25) is 5.91 Å². The lowest BCUT2D eigenvalue weighted by molar-refractivity contribution is -0.132. The number of carbonyl (C=O) groups is 1. The van der Waals surface area contributed by atoms with Crippen LogP contribution in [-0.4, -0.2) is 33.4 Å². The molecule has 6 nitrogen and oxygen atoms in total. The van der Waals surface area contributed by atoms with Crippen LogP contribution in [0.1, 0.15) is 30.0 Å². The first-order chi connectivity index (χ1) is 13.9. The van der Waals surface area contributed by atoms with Gasteiger partial charge in [-0.3, -0.25) is 9.36 Å². The number of imidazole rings is 1. The zero-order chi connectivity index (χ0) is 20.5. The monoisotopic (exact) mass is 412 g/mol. The van der Waals surface area contributed by atoms with Crippen LogP contribution in [0.5, 0.6) is 0 Å². The number of amides is 1. The van der Waals surface area contributed by atoms with Crippen LogP contribution < -0.4 is 5.69 Å². The van der Waals surface area contributed by atoms with Crippen molar-refractivity contribution in [2.45, 2.75) is 25.3 Å². The minimum absolute atomic E-state index is 0.0541. The average molecular weight is 413 g/mol. The Bertz CT molecular complexity index is 1170. The second-order valence-corrected chi connectivity index (χ2v) is 7.67. The Kier molecular flexibility index (Phi) is 5.12. The van der Waals surface area contributed by atoms with Crippen LogP contribution in [0.3, 0.4) is 0 Å². The number of aromatic amines is 1. The number of piperidine rings is 1. The number of halogens is 2. The third-order valence-corrected chi connectivity index (χ3v) is 5.46. The van der Waals surface area contributed by atoms with E-state index < -0.39 is 5.82 Å². The first kappa shape index (κ1) is 19.2. The average Bonchev–Trinajstić information content (AvgIpc) is 3.02. The lowest BCUT2D eigenvalue weighted by atomic mass is 10.0. The number of likely N-dealkylation sites (tertiary alicyclic amines) is 1. The van der Waals surface area contributed by atoms with E-state index in [1.165, 1.54) is 12.1 Å². The van der Waals surface area contributed by atoms with E-state index in [0.29, 0.717) is 35.2 Å². The fourth-order valence-electron chi connectivity index (χ4n) is 3.95. The molecule has 0 unspecified atom stereocenters. The van der Waals surface area contributed by atoms with Crippen molar-refractivity contribution in [2.24, 2.45) is 0 Å². The summed E-state index contributed by atoms with van der Waals surface area (Å²) in [5, 5.41) is 9.30. The molecule has 2 aromatic carbocycles. The molecular weight excluding hydrogens is 395 g/mol. The van der Waals surface area contributed by atoms with E-state index in [4.69, 9.17) is 16.9 Å². The van der Waals surface area contributed by atoms with Gasteiger partial charge in [-0.1, -0.05) is 11.6 Å². The summed E-state index contributed by atoms with van der Waals surface area (Å²) < 4.78 is 15.2. The number of carbonyl (C=O) groups excluding carboxylic acids is 1. The molecule has 2 heterocycles. The highest BCUT2D eigenvalue weighted by Crippen LogP contribution is 2.25. The SMILES string of the molecule is N#Cc1ccc2c(c1)[nH]c(=O)n2[C@H]1CCCN(C(=O)Cc2cc(F)cc(Cl)c2)C1. The molecule has 8 heteroatoms. The molecule has 3 aromatic rings. The predicted molar refractivity (Wildman–Crippen MR) is 107 cm³/mol. The van der Waals surface area contributed by atoms with Crippen LogP contribution in [0.25, 0.3) is 11.0 Å². The molecule has 1 aromatic heterocycles. The number of rotatable bonds is 3. The Balaban J connectivity index is 1.56. The molecule has 29 heavy (non-hydrogen) atoms. The van der Waals surface area contributed by atoms with Crippen molar-refractivity contribution in [2.75, 3.05) is 13.1 Å². The number of benzene rings is 2. The Morgan fingerprint density at radius 1 is 1.31 bits per heavy atom. The van der Waals surface area contributed by atoms with Gasteiger partial charge in [0.25, 0.3) is 0 Å². The van der Waals surface area contributed by atoms with Crippen molar-refractivity contribution < 1.29 is 9.18 Å². The second kappa shape index (κ2) is 7.72. The van der Waals surface area contributed by atoms with E-state index >= 15 is 0 Å². The van der Waals surface area contributed by atoms with E-state index in [2.05, 4.69) is 11.1 Å². The van der Waals surface area contributed by atoms with Gasteiger partial charge in [-0.05, 0) is 54.8 Å². The van der Waals surface area contributed by atoms with Crippen molar-refractivity contribution in [1.29, 1.82) is 5.26 Å². The largest absolute Gasteiger partial charge is 0.340 e. The van der Waals surface area contributed by atoms with Crippen molar-refractivity contribution in [3.8, 4) is 6.07 Å². The Morgan fingerprint density at radius 3 is 2.90 bits per heavy atom. The molecule has 1 saturated heterocycles. The van der Waals surface area contributed by atoms with Crippen LogP contribution >= 0.6 is 11.6 Å². The van der Waals surface area contributed by atoms with Gasteiger partial charge in [0.05, 0.1) is 35.1 Å². The van der Waals surface area contributed by atoms with Crippen molar-refractivity contribution in [3.05, 3.63) is 68.8 Å². The number of hydrogen-bond donors (Lipinski definition) is 1. The molecule has 0 aliphatic carbocycles. The molecule has 1 N–H and O–H groups in total. The normalized spacial score (nSPS) is 16.7. The van der Waals surface area contributed by atoms with Gasteiger partial charge in [0.15, 0.2) is 0 Å². The van der Waals surface area contributed by atoms with Gasteiger partial charge in [-0.15, -0.1) is 0 Å². The minimum atomic E-state index is -0.473. The summed E-state index contributed by atoms with van der Waals surface area (Å²) in [6.07, 6.45) is 1.58. The van der Waals surface area contributed by atoms with Gasteiger partial charge in [-0.25, -0.2) is 9.18 Å². The molecule has 0 spiro atoms. The zero-order valence-corrected chi connectivity index (χ0v) is 16.2. The molecular formula is C21H18ClFN4O2. The lowest BCUT2D eigenvalue weighted by Crippen LogP contribution is -2.43. The smallest absolute Gasteiger partial charge is 0.326 e. The van der Waals surface area contributed by atoms with E-state index in [-0.39, 0.29) is 29.1 Å². The number of hydrogen-bond acceptors (Lipinski definition) is 3. The molecule has 0 saturated carbocycles. The van der Waals surface area contributed by atoms with Crippen LogP contribution in [0.2, 0.25) is 5.02 Å². The molecule has 1 amide bonds. The third kappa shape index (κ3) is 3.89. The summed E-state index contributed by atoms with van der Waals surface area (Å²) >= 11 is 5.88. The van der Waals surface area contributed by atoms with Gasteiger partial charge in [-0.2, -0.15) is 5.26 Å². The van der Waals surface area contributed by atoms with Crippen LogP contribution in [-0.2, 0) is 11.2 Å². The van der Waals surface area contributed by atoms with Gasteiger partial charge >= 0.3 is 5.69 Å².